The normalized spacial score (nSPS) is 12.3. The molecule has 0 bridgehead atoms. The molecule has 0 spiro atoms. The Bertz CT molecular complexity index is 1050. The third-order valence-corrected chi connectivity index (χ3v) is 4.76. The van der Waals surface area contributed by atoms with E-state index in [1.807, 2.05) is 13.0 Å². The second kappa shape index (κ2) is 6.20. The van der Waals surface area contributed by atoms with Gasteiger partial charge in [0.2, 0.25) is 10.9 Å². The molecule has 0 unspecified atom stereocenters. The van der Waals surface area contributed by atoms with E-state index >= 15 is 0 Å². The molecule has 0 saturated heterocycles. The standard InChI is InChI=1S/C16H13F3N2O4S/c1-9-3-4-10(2)11(7-9)21-26(22,23)15-6-5-13(24-15)12-8-14(25-20-12)16(17,18)19/h3-8,21H,1-2H3. The maximum atomic E-state index is 12.6. The van der Waals surface area contributed by atoms with E-state index in [-0.39, 0.29) is 11.5 Å². The number of nitrogens with one attached hydrogen (secondary N) is 1. The maximum absolute atomic E-state index is 12.6. The largest absolute Gasteiger partial charge is 0.452 e. The van der Waals surface area contributed by atoms with Crippen LogP contribution in [0.15, 0.2) is 50.4 Å². The lowest BCUT2D eigenvalue weighted by Gasteiger charge is -2.09. The van der Waals surface area contributed by atoms with Crippen LogP contribution in [0.5, 0.6) is 0 Å². The second-order valence-corrected chi connectivity index (χ2v) is 7.23. The Balaban J connectivity index is 1.89. The number of sulfonamides is 1. The first-order valence-electron chi connectivity index (χ1n) is 7.30. The summed E-state index contributed by atoms with van der Waals surface area (Å²) in [6.45, 7) is 3.55. The highest BCUT2D eigenvalue weighted by molar-refractivity contribution is 7.92. The fraction of sp³-hybridized carbons (Fsp3) is 0.188. The van der Waals surface area contributed by atoms with Gasteiger partial charge in [0.15, 0.2) is 5.76 Å². The minimum Gasteiger partial charge on any atom is -0.441 e. The highest BCUT2D eigenvalue weighted by Crippen LogP contribution is 2.33. The summed E-state index contributed by atoms with van der Waals surface area (Å²) < 4.78 is 74.3. The molecule has 0 aliphatic carbocycles. The van der Waals surface area contributed by atoms with E-state index < -0.39 is 27.1 Å². The van der Waals surface area contributed by atoms with E-state index in [1.165, 1.54) is 6.07 Å². The van der Waals surface area contributed by atoms with Gasteiger partial charge in [-0.1, -0.05) is 17.3 Å². The van der Waals surface area contributed by atoms with Gasteiger partial charge in [-0.15, -0.1) is 0 Å². The van der Waals surface area contributed by atoms with Gasteiger partial charge in [-0.2, -0.15) is 21.6 Å². The van der Waals surface area contributed by atoms with E-state index in [2.05, 4.69) is 14.4 Å². The molecular weight excluding hydrogens is 373 g/mol. The number of hydrogen-bond acceptors (Lipinski definition) is 5. The molecule has 0 atom stereocenters. The van der Waals surface area contributed by atoms with Crippen molar-refractivity contribution in [3.05, 3.63) is 53.3 Å². The summed E-state index contributed by atoms with van der Waals surface area (Å²) in [5.41, 5.74) is 1.68. The summed E-state index contributed by atoms with van der Waals surface area (Å²) in [6, 6.07) is 8.22. The average Bonchev–Trinajstić information content (AvgIpc) is 3.18. The molecule has 2 heterocycles. The van der Waals surface area contributed by atoms with Crippen molar-refractivity contribution in [2.75, 3.05) is 4.72 Å². The molecule has 138 valence electrons. The molecule has 0 amide bonds. The molecular formula is C16H13F3N2O4S. The number of aromatic nitrogens is 1. The first-order valence-corrected chi connectivity index (χ1v) is 8.79. The minimum atomic E-state index is -4.70. The van der Waals surface area contributed by atoms with Gasteiger partial charge in [0.25, 0.3) is 10.0 Å². The Morgan fingerprint density at radius 3 is 2.46 bits per heavy atom. The zero-order chi connectivity index (χ0) is 19.1. The SMILES string of the molecule is Cc1ccc(C)c(NS(=O)(=O)c2ccc(-c3cc(C(F)(F)F)on3)o2)c1. The van der Waals surface area contributed by atoms with Gasteiger partial charge < -0.3 is 8.94 Å². The Hall–Kier alpha value is -2.75. The summed E-state index contributed by atoms with van der Waals surface area (Å²) in [7, 11) is -4.06. The van der Waals surface area contributed by atoms with Crippen LogP contribution in [0, 0.1) is 13.8 Å². The summed E-state index contributed by atoms with van der Waals surface area (Å²) in [6.07, 6.45) is -4.70. The van der Waals surface area contributed by atoms with Gasteiger partial charge in [-0.25, -0.2) is 0 Å². The molecule has 0 aliphatic rings. The van der Waals surface area contributed by atoms with Crippen molar-refractivity contribution in [2.45, 2.75) is 25.1 Å². The Morgan fingerprint density at radius 1 is 1.08 bits per heavy atom. The molecule has 10 heteroatoms. The molecule has 1 aromatic carbocycles. The Morgan fingerprint density at radius 2 is 1.81 bits per heavy atom. The molecule has 2 aromatic heterocycles. The molecule has 0 radical (unpaired) electrons. The minimum absolute atomic E-state index is 0.161. The van der Waals surface area contributed by atoms with E-state index in [0.29, 0.717) is 17.3 Å². The fourth-order valence-corrected chi connectivity index (χ4v) is 3.22. The van der Waals surface area contributed by atoms with Crippen LogP contribution in [0.2, 0.25) is 0 Å². The summed E-state index contributed by atoms with van der Waals surface area (Å²) in [5, 5.41) is 2.80. The number of rotatable bonds is 4. The molecule has 6 nitrogen and oxygen atoms in total. The van der Waals surface area contributed by atoms with Gasteiger partial charge in [-0.05, 0) is 43.2 Å². The monoisotopic (exact) mass is 386 g/mol. The lowest BCUT2D eigenvalue weighted by atomic mass is 10.1. The van der Waals surface area contributed by atoms with Crippen LogP contribution in [0.25, 0.3) is 11.5 Å². The number of aryl methyl sites for hydroxylation is 2. The van der Waals surface area contributed by atoms with Gasteiger partial charge in [0.1, 0.15) is 5.69 Å². The van der Waals surface area contributed by atoms with Crippen molar-refractivity contribution < 1.29 is 30.5 Å². The lowest BCUT2D eigenvalue weighted by molar-refractivity contribution is -0.155. The third kappa shape index (κ3) is 3.59. The number of nitrogens with zero attached hydrogens (tertiary/aromatic N) is 1. The molecule has 3 rings (SSSR count). The molecule has 0 fully saturated rings. The first-order chi connectivity index (χ1) is 12.1. The van der Waals surface area contributed by atoms with Crippen molar-refractivity contribution in [2.24, 2.45) is 0 Å². The molecule has 3 aromatic rings. The van der Waals surface area contributed by atoms with Crippen molar-refractivity contribution >= 4 is 15.7 Å². The Kier molecular flexibility index (Phi) is 4.31. The average molecular weight is 386 g/mol. The first kappa shape index (κ1) is 18.1. The number of hydrogen-bond donors (Lipinski definition) is 1. The number of halogens is 3. The highest BCUT2D eigenvalue weighted by Gasteiger charge is 2.36. The fourth-order valence-electron chi connectivity index (χ4n) is 2.17. The lowest BCUT2D eigenvalue weighted by Crippen LogP contribution is -2.13. The van der Waals surface area contributed by atoms with Crippen molar-refractivity contribution in [1.82, 2.24) is 5.16 Å². The van der Waals surface area contributed by atoms with Gasteiger partial charge in [0, 0.05) is 6.07 Å². The molecule has 0 saturated carbocycles. The zero-order valence-corrected chi connectivity index (χ0v) is 14.4. The molecule has 1 N–H and O–H groups in total. The van der Waals surface area contributed by atoms with Crippen LogP contribution >= 0.6 is 0 Å². The van der Waals surface area contributed by atoms with Crippen molar-refractivity contribution in [3.8, 4) is 11.5 Å². The third-order valence-electron chi connectivity index (χ3n) is 3.53. The molecule has 26 heavy (non-hydrogen) atoms. The summed E-state index contributed by atoms with van der Waals surface area (Å²) in [5.74, 6) is -1.47. The van der Waals surface area contributed by atoms with Crippen molar-refractivity contribution in [1.29, 1.82) is 0 Å². The zero-order valence-electron chi connectivity index (χ0n) is 13.6. The predicted octanol–water partition coefficient (Wildman–Crippen LogP) is 4.37. The van der Waals surface area contributed by atoms with Crippen LogP contribution in [-0.2, 0) is 16.2 Å². The van der Waals surface area contributed by atoms with Crippen molar-refractivity contribution in [3.63, 3.8) is 0 Å². The van der Waals surface area contributed by atoms with E-state index in [4.69, 9.17) is 4.42 Å². The number of anilines is 1. The van der Waals surface area contributed by atoms with Gasteiger partial charge >= 0.3 is 6.18 Å². The maximum Gasteiger partial charge on any atom is 0.452 e. The number of alkyl halides is 3. The number of benzene rings is 1. The van der Waals surface area contributed by atoms with Gasteiger partial charge in [0.05, 0.1) is 5.69 Å². The van der Waals surface area contributed by atoms with Crippen LogP contribution < -0.4 is 4.72 Å². The van der Waals surface area contributed by atoms with Crippen LogP contribution in [-0.4, -0.2) is 13.6 Å². The number of furan rings is 1. The van der Waals surface area contributed by atoms with Crippen LogP contribution in [0.3, 0.4) is 0 Å². The van der Waals surface area contributed by atoms with Crippen LogP contribution in [0.4, 0.5) is 18.9 Å². The summed E-state index contributed by atoms with van der Waals surface area (Å²) >= 11 is 0. The van der Waals surface area contributed by atoms with Crippen LogP contribution in [0.1, 0.15) is 16.9 Å². The topological polar surface area (TPSA) is 85.3 Å². The van der Waals surface area contributed by atoms with E-state index in [9.17, 15) is 21.6 Å². The van der Waals surface area contributed by atoms with E-state index in [0.717, 1.165) is 11.6 Å². The predicted molar refractivity (Wildman–Crippen MR) is 85.9 cm³/mol. The second-order valence-electron chi connectivity index (χ2n) is 5.62. The summed E-state index contributed by atoms with van der Waals surface area (Å²) in [4.78, 5) is 0. The Labute approximate surface area is 146 Å². The molecule has 0 aliphatic heterocycles. The van der Waals surface area contributed by atoms with Gasteiger partial charge in [-0.3, -0.25) is 4.72 Å². The van der Waals surface area contributed by atoms with E-state index in [1.54, 1.807) is 19.1 Å². The smallest absolute Gasteiger partial charge is 0.441 e. The highest BCUT2D eigenvalue weighted by atomic mass is 32.2. The quantitative estimate of drug-likeness (QED) is 0.720.